The number of halogens is 1. The number of furan rings is 1. The molecule has 0 radical (unpaired) electrons. The lowest BCUT2D eigenvalue weighted by Crippen LogP contribution is -2.13. The monoisotopic (exact) mass is 435 g/mol. The topological polar surface area (TPSA) is 106 Å². The first kappa shape index (κ1) is 20.9. The van der Waals surface area contributed by atoms with Crippen molar-refractivity contribution in [3.63, 3.8) is 0 Å². The van der Waals surface area contributed by atoms with Crippen LogP contribution in [0.4, 0.5) is 10.1 Å². The van der Waals surface area contributed by atoms with Gasteiger partial charge in [-0.05, 0) is 37.3 Å². The standard InChI is InChI=1S/C23H18FN3O5/c1-13-6-8-31-21(13)22(28)27-18-10-15(3-4-17(18)24)32-16-5-7-25-20(11-16)19-9-14(12-26-19)23(29)30-2/h3-12,26H,1-2H3,(H,27,28). The summed E-state index contributed by atoms with van der Waals surface area (Å²) in [5.41, 5.74) is 2.07. The summed E-state index contributed by atoms with van der Waals surface area (Å²) in [6, 6.07) is 10.5. The van der Waals surface area contributed by atoms with Gasteiger partial charge in [0.25, 0.3) is 5.91 Å². The number of H-pyrrole nitrogens is 1. The zero-order valence-electron chi connectivity index (χ0n) is 17.1. The summed E-state index contributed by atoms with van der Waals surface area (Å²) in [7, 11) is 1.30. The highest BCUT2D eigenvalue weighted by molar-refractivity contribution is 6.03. The van der Waals surface area contributed by atoms with E-state index >= 15 is 0 Å². The minimum Gasteiger partial charge on any atom is -0.465 e. The highest BCUT2D eigenvalue weighted by Gasteiger charge is 2.16. The van der Waals surface area contributed by atoms with Crippen molar-refractivity contribution in [1.29, 1.82) is 0 Å². The maximum absolute atomic E-state index is 14.2. The Morgan fingerprint density at radius 1 is 1.12 bits per heavy atom. The normalized spacial score (nSPS) is 10.6. The molecule has 0 unspecified atom stereocenters. The van der Waals surface area contributed by atoms with Gasteiger partial charge in [0.1, 0.15) is 17.3 Å². The number of amides is 1. The molecule has 0 saturated heterocycles. The van der Waals surface area contributed by atoms with Crippen LogP contribution < -0.4 is 10.1 Å². The molecule has 0 spiro atoms. The van der Waals surface area contributed by atoms with Gasteiger partial charge in [0.15, 0.2) is 5.76 Å². The highest BCUT2D eigenvalue weighted by Crippen LogP contribution is 2.29. The van der Waals surface area contributed by atoms with Gasteiger partial charge in [-0.15, -0.1) is 0 Å². The predicted octanol–water partition coefficient (Wildman–Crippen LogP) is 4.95. The Balaban J connectivity index is 1.53. The number of benzene rings is 1. The van der Waals surface area contributed by atoms with Crippen LogP contribution in [0.25, 0.3) is 11.4 Å². The Hall–Kier alpha value is -4.40. The van der Waals surface area contributed by atoms with E-state index in [1.54, 1.807) is 31.2 Å². The number of hydrogen-bond acceptors (Lipinski definition) is 6. The molecule has 2 N–H and O–H groups in total. The molecular weight excluding hydrogens is 417 g/mol. The number of ether oxygens (including phenoxy) is 2. The van der Waals surface area contributed by atoms with E-state index in [1.807, 2.05) is 0 Å². The number of carbonyl (C=O) groups excluding carboxylic acids is 2. The number of rotatable bonds is 6. The number of nitrogens with one attached hydrogen (secondary N) is 2. The van der Waals surface area contributed by atoms with Crippen molar-refractivity contribution in [1.82, 2.24) is 9.97 Å². The molecule has 0 aliphatic rings. The van der Waals surface area contributed by atoms with Crippen LogP contribution in [-0.4, -0.2) is 29.0 Å². The number of hydrogen-bond donors (Lipinski definition) is 2. The second-order valence-corrected chi connectivity index (χ2v) is 6.80. The molecular formula is C23H18FN3O5. The number of carbonyl (C=O) groups is 2. The second kappa shape index (κ2) is 8.76. The van der Waals surface area contributed by atoms with Crippen LogP contribution in [0, 0.1) is 12.7 Å². The maximum atomic E-state index is 14.2. The number of pyridine rings is 1. The van der Waals surface area contributed by atoms with Crippen molar-refractivity contribution in [3.05, 3.63) is 83.8 Å². The number of aromatic nitrogens is 2. The Bertz CT molecular complexity index is 1290. The fourth-order valence-corrected chi connectivity index (χ4v) is 2.98. The van der Waals surface area contributed by atoms with Crippen LogP contribution in [0.1, 0.15) is 26.5 Å². The van der Waals surface area contributed by atoms with Crippen molar-refractivity contribution in [2.75, 3.05) is 12.4 Å². The van der Waals surface area contributed by atoms with Crippen molar-refractivity contribution < 1.29 is 27.9 Å². The van der Waals surface area contributed by atoms with Crippen LogP contribution in [0.3, 0.4) is 0 Å². The van der Waals surface area contributed by atoms with Crippen LogP contribution in [0.2, 0.25) is 0 Å². The minimum absolute atomic E-state index is 0.0512. The summed E-state index contributed by atoms with van der Waals surface area (Å²) in [6.07, 6.45) is 4.45. The van der Waals surface area contributed by atoms with Crippen molar-refractivity contribution >= 4 is 17.6 Å². The van der Waals surface area contributed by atoms with E-state index in [2.05, 4.69) is 15.3 Å². The Kier molecular flexibility index (Phi) is 5.71. The Morgan fingerprint density at radius 2 is 1.94 bits per heavy atom. The van der Waals surface area contributed by atoms with Crippen LogP contribution >= 0.6 is 0 Å². The molecule has 0 aliphatic carbocycles. The molecule has 0 bridgehead atoms. The number of aromatic amines is 1. The zero-order chi connectivity index (χ0) is 22.7. The molecule has 1 amide bonds. The third-order valence-electron chi connectivity index (χ3n) is 4.60. The molecule has 1 aromatic carbocycles. The van der Waals surface area contributed by atoms with Crippen molar-refractivity contribution in [2.24, 2.45) is 0 Å². The number of anilines is 1. The lowest BCUT2D eigenvalue weighted by molar-refractivity contribution is 0.0601. The quantitative estimate of drug-likeness (QED) is 0.415. The molecule has 9 heteroatoms. The first-order valence-corrected chi connectivity index (χ1v) is 9.50. The van der Waals surface area contributed by atoms with Gasteiger partial charge in [0, 0.05) is 30.1 Å². The highest BCUT2D eigenvalue weighted by atomic mass is 19.1. The molecule has 162 valence electrons. The summed E-state index contributed by atoms with van der Waals surface area (Å²) in [6.45, 7) is 1.72. The van der Waals surface area contributed by atoms with Gasteiger partial charge in [-0.25, -0.2) is 9.18 Å². The molecule has 4 rings (SSSR count). The van der Waals surface area contributed by atoms with E-state index in [9.17, 15) is 14.0 Å². The smallest absolute Gasteiger partial charge is 0.339 e. The molecule has 0 aliphatic heterocycles. The van der Waals surface area contributed by atoms with E-state index in [4.69, 9.17) is 13.9 Å². The van der Waals surface area contributed by atoms with Gasteiger partial charge < -0.3 is 24.2 Å². The molecule has 3 aromatic heterocycles. The lowest BCUT2D eigenvalue weighted by atomic mass is 10.2. The van der Waals surface area contributed by atoms with Gasteiger partial charge in [0.05, 0.1) is 36.0 Å². The number of esters is 1. The van der Waals surface area contributed by atoms with Crippen LogP contribution in [0.5, 0.6) is 11.5 Å². The molecule has 3 heterocycles. The fraction of sp³-hybridized carbons (Fsp3) is 0.0870. The SMILES string of the molecule is COC(=O)c1c[nH]c(-c2cc(Oc3ccc(F)c(NC(=O)c4occc4C)c3)ccn2)c1. The van der Waals surface area contributed by atoms with E-state index in [-0.39, 0.29) is 11.4 Å². The first-order chi connectivity index (χ1) is 15.4. The van der Waals surface area contributed by atoms with E-state index in [1.165, 1.54) is 44.0 Å². The molecule has 4 aromatic rings. The third-order valence-corrected chi connectivity index (χ3v) is 4.60. The summed E-state index contributed by atoms with van der Waals surface area (Å²) in [5, 5.41) is 2.49. The molecule has 0 fully saturated rings. The average molecular weight is 435 g/mol. The van der Waals surface area contributed by atoms with E-state index < -0.39 is 17.7 Å². The van der Waals surface area contributed by atoms with E-state index in [0.29, 0.717) is 34.0 Å². The fourth-order valence-electron chi connectivity index (χ4n) is 2.98. The maximum Gasteiger partial charge on any atom is 0.339 e. The molecule has 0 saturated carbocycles. The summed E-state index contributed by atoms with van der Waals surface area (Å²) < 4.78 is 29.9. The average Bonchev–Trinajstić information content (AvgIpc) is 3.45. The van der Waals surface area contributed by atoms with Gasteiger partial charge in [-0.3, -0.25) is 9.78 Å². The Morgan fingerprint density at radius 3 is 2.69 bits per heavy atom. The molecule has 32 heavy (non-hydrogen) atoms. The Labute approximate surface area is 182 Å². The first-order valence-electron chi connectivity index (χ1n) is 9.50. The van der Waals surface area contributed by atoms with Crippen LogP contribution in [0.15, 0.2) is 65.5 Å². The van der Waals surface area contributed by atoms with Crippen molar-refractivity contribution in [3.8, 4) is 22.9 Å². The van der Waals surface area contributed by atoms with Gasteiger partial charge in [0.2, 0.25) is 0 Å². The largest absolute Gasteiger partial charge is 0.465 e. The van der Waals surface area contributed by atoms with E-state index in [0.717, 1.165) is 0 Å². The van der Waals surface area contributed by atoms with Crippen molar-refractivity contribution in [2.45, 2.75) is 6.92 Å². The van der Waals surface area contributed by atoms with Crippen LogP contribution in [-0.2, 0) is 4.74 Å². The van der Waals surface area contributed by atoms with Gasteiger partial charge in [-0.1, -0.05) is 0 Å². The minimum atomic E-state index is -0.618. The molecule has 8 nitrogen and oxygen atoms in total. The summed E-state index contributed by atoms with van der Waals surface area (Å²) in [4.78, 5) is 31.2. The van der Waals surface area contributed by atoms with Gasteiger partial charge >= 0.3 is 5.97 Å². The number of aryl methyl sites for hydroxylation is 1. The molecule has 0 atom stereocenters. The zero-order valence-corrected chi connectivity index (χ0v) is 17.1. The summed E-state index contributed by atoms with van der Waals surface area (Å²) >= 11 is 0. The lowest BCUT2D eigenvalue weighted by Gasteiger charge is -2.10. The summed E-state index contributed by atoms with van der Waals surface area (Å²) in [5.74, 6) is -0.820. The predicted molar refractivity (Wildman–Crippen MR) is 113 cm³/mol. The van der Waals surface area contributed by atoms with Gasteiger partial charge in [-0.2, -0.15) is 0 Å². The number of nitrogens with zero attached hydrogens (tertiary/aromatic N) is 1. The third kappa shape index (κ3) is 4.36. The second-order valence-electron chi connectivity index (χ2n) is 6.80. The number of methoxy groups -OCH3 is 1.